The number of benzene rings is 2. The van der Waals surface area contributed by atoms with Crippen LogP contribution in [0.25, 0.3) is 33.5 Å². The van der Waals surface area contributed by atoms with Gasteiger partial charge in [-0.25, -0.2) is 0 Å². The van der Waals surface area contributed by atoms with Gasteiger partial charge in [0.2, 0.25) is 0 Å². The molecule has 0 atom stereocenters. The normalized spacial score (nSPS) is 9.97. The first-order valence-electron chi connectivity index (χ1n) is 9.01. The first kappa shape index (κ1) is 20.7. The monoisotopic (exact) mass is 555 g/mol. The molecule has 4 heteroatoms. The van der Waals surface area contributed by atoms with Crippen molar-refractivity contribution in [2.75, 3.05) is 0 Å². The number of hydrogen-bond acceptors (Lipinski definition) is 3. The van der Waals surface area contributed by atoms with Crippen molar-refractivity contribution in [3.63, 3.8) is 0 Å². The van der Waals surface area contributed by atoms with Crippen molar-refractivity contribution < 1.29 is 24.5 Å². The summed E-state index contributed by atoms with van der Waals surface area (Å²) in [7, 11) is 0. The fourth-order valence-corrected chi connectivity index (χ4v) is 2.90. The van der Waals surface area contributed by atoms with Crippen LogP contribution in [0.2, 0.25) is 0 Å². The molecular formula is C25H18IrN2O-2. The summed E-state index contributed by atoms with van der Waals surface area (Å²) in [5, 5.41) is 1.03. The predicted octanol–water partition coefficient (Wildman–Crippen LogP) is 6.15. The van der Waals surface area contributed by atoms with E-state index in [0.717, 1.165) is 39.2 Å². The topological polar surface area (TPSA) is 38.9 Å². The molecule has 5 aromatic rings. The van der Waals surface area contributed by atoms with Gasteiger partial charge >= 0.3 is 0 Å². The number of rotatable bonds is 2. The van der Waals surface area contributed by atoms with Crippen LogP contribution in [0.15, 0.2) is 95.7 Å². The van der Waals surface area contributed by atoms with Crippen LogP contribution in [0.1, 0.15) is 5.69 Å². The summed E-state index contributed by atoms with van der Waals surface area (Å²) >= 11 is 0. The van der Waals surface area contributed by atoms with Crippen LogP contribution in [0.5, 0.6) is 0 Å². The average molecular weight is 555 g/mol. The average Bonchev–Trinajstić information content (AvgIpc) is 3.24. The SMILES string of the molecule is Cc1cccc(-c2[c-]cccc2)n1.[Ir].[c-]1ccccc1-c1nccc2occc12. The molecule has 0 spiro atoms. The molecule has 0 saturated carbocycles. The van der Waals surface area contributed by atoms with Crippen LogP contribution in [-0.2, 0) is 20.1 Å². The fraction of sp³-hybridized carbons (Fsp3) is 0.0400. The van der Waals surface area contributed by atoms with Gasteiger partial charge in [0.05, 0.1) is 6.26 Å². The van der Waals surface area contributed by atoms with E-state index in [2.05, 4.69) is 22.1 Å². The molecule has 3 nitrogen and oxygen atoms in total. The van der Waals surface area contributed by atoms with Crippen molar-refractivity contribution in [1.29, 1.82) is 0 Å². The number of aryl methyl sites for hydroxylation is 1. The Labute approximate surface area is 183 Å². The third-order valence-corrected chi connectivity index (χ3v) is 4.22. The molecule has 3 aromatic heterocycles. The number of pyridine rings is 2. The smallest absolute Gasteiger partial charge is 0.128 e. The minimum Gasteiger partial charge on any atom is -0.465 e. The van der Waals surface area contributed by atoms with Gasteiger partial charge in [-0.3, -0.25) is 0 Å². The van der Waals surface area contributed by atoms with E-state index in [4.69, 9.17) is 4.42 Å². The zero-order valence-electron chi connectivity index (χ0n) is 15.8. The Morgan fingerprint density at radius 3 is 2.24 bits per heavy atom. The van der Waals surface area contributed by atoms with Crippen LogP contribution in [-0.4, -0.2) is 9.97 Å². The van der Waals surface area contributed by atoms with Gasteiger partial charge in [-0.15, -0.1) is 71.8 Å². The second kappa shape index (κ2) is 9.92. The number of furan rings is 1. The number of aromatic nitrogens is 2. The van der Waals surface area contributed by atoms with E-state index in [1.165, 1.54) is 0 Å². The van der Waals surface area contributed by atoms with E-state index in [-0.39, 0.29) is 20.1 Å². The Balaban J connectivity index is 0.000000162. The molecular weight excluding hydrogens is 537 g/mol. The van der Waals surface area contributed by atoms with E-state index >= 15 is 0 Å². The summed E-state index contributed by atoms with van der Waals surface area (Å²) in [5.74, 6) is 0. The molecule has 0 aliphatic heterocycles. The van der Waals surface area contributed by atoms with Crippen molar-refractivity contribution in [3.8, 4) is 22.5 Å². The van der Waals surface area contributed by atoms with Crippen molar-refractivity contribution in [1.82, 2.24) is 9.97 Å². The maximum absolute atomic E-state index is 5.33. The van der Waals surface area contributed by atoms with E-state index < -0.39 is 0 Å². The summed E-state index contributed by atoms with van der Waals surface area (Å²) < 4.78 is 5.33. The van der Waals surface area contributed by atoms with Gasteiger partial charge < -0.3 is 14.4 Å². The predicted molar refractivity (Wildman–Crippen MR) is 112 cm³/mol. The largest absolute Gasteiger partial charge is 0.465 e. The first-order chi connectivity index (χ1) is 13.8. The molecule has 5 rings (SSSR count). The van der Waals surface area contributed by atoms with Crippen LogP contribution in [0.4, 0.5) is 0 Å². The van der Waals surface area contributed by atoms with Gasteiger partial charge in [0, 0.05) is 37.4 Å². The molecule has 0 aliphatic carbocycles. The molecule has 0 amide bonds. The van der Waals surface area contributed by atoms with Crippen LogP contribution in [0, 0.1) is 19.1 Å². The third-order valence-electron chi connectivity index (χ3n) is 4.22. The Hall–Kier alpha value is -3.07. The standard InChI is InChI=1S/C13H8NO.C12H10N.Ir/c1-2-4-10(5-3-1)13-11-7-9-15-12(11)6-8-14-13;1-10-6-5-9-12(13-10)11-7-3-2-4-8-11;/h1-4,6-9H;2-7,9H,1H3;/q2*-1;. The van der Waals surface area contributed by atoms with Crippen molar-refractivity contribution in [2.24, 2.45) is 0 Å². The quantitative estimate of drug-likeness (QED) is 0.246. The van der Waals surface area contributed by atoms with Gasteiger partial charge in [0.25, 0.3) is 0 Å². The van der Waals surface area contributed by atoms with Crippen LogP contribution >= 0.6 is 0 Å². The summed E-state index contributed by atoms with van der Waals surface area (Å²) in [6.45, 7) is 1.99. The zero-order chi connectivity index (χ0) is 19.2. The van der Waals surface area contributed by atoms with Crippen molar-refractivity contribution in [2.45, 2.75) is 6.92 Å². The Kier molecular flexibility index (Phi) is 7.07. The molecule has 0 bridgehead atoms. The molecule has 0 saturated heterocycles. The molecule has 2 aromatic carbocycles. The third kappa shape index (κ3) is 5.05. The Bertz CT molecular complexity index is 1170. The molecule has 0 fully saturated rings. The van der Waals surface area contributed by atoms with E-state index in [1.54, 1.807) is 12.5 Å². The Morgan fingerprint density at radius 1 is 0.793 bits per heavy atom. The Morgan fingerprint density at radius 2 is 1.55 bits per heavy atom. The van der Waals surface area contributed by atoms with Crippen molar-refractivity contribution >= 4 is 11.0 Å². The summed E-state index contributed by atoms with van der Waals surface area (Å²) in [6.07, 6.45) is 3.43. The molecule has 1 radical (unpaired) electrons. The van der Waals surface area contributed by atoms with Gasteiger partial charge in [-0.2, -0.15) is 0 Å². The van der Waals surface area contributed by atoms with Gasteiger partial charge in [-0.1, -0.05) is 12.1 Å². The summed E-state index contributed by atoms with van der Waals surface area (Å²) in [6, 6.07) is 31.8. The van der Waals surface area contributed by atoms with Crippen molar-refractivity contribution in [3.05, 3.63) is 109 Å². The minimum atomic E-state index is 0. The maximum atomic E-state index is 5.33. The molecule has 0 unspecified atom stereocenters. The van der Waals surface area contributed by atoms with E-state index in [1.807, 2.05) is 85.8 Å². The van der Waals surface area contributed by atoms with Crippen LogP contribution in [0.3, 0.4) is 0 Å². The van der Waals surface area contributed by atoms with Crippen LogP contribution < -0.4 is 0 Å². The molecule has 0 aliphatic rings. The second-order valence-corrected chi connectivity index (χ2v) is 6.21. The first-order valence-corrected chi connectivity index (χ1v) is 9.01. The number of nitrogens with zero attached hydrogens (tertiary/aromatic N) is 2. The molecule has 0 N–H and O–H groups in total. The van der Waals surface area contributed by atoms with Gasteiger partial charge in [0.15, 0.2) is 0 Å². The minimum absolute atomic E-state index is 0. The molecule has 145 valence electrons. The number of hydrogen-bond donors (Lipinski definition) is 0. The maximum Gasteiger partial charge on any atom is 0.128 e. The summed E-state index contributed by atoms with van der Waals surface area (Å²) in [5.41, 5.74) is 5.84. The van der Waals surface area contributed by atoms with E-state index in [9.17, 15) is 0 Å². The van der Waals surface area contributed by atoms with Gasteiger partial charge in [0.1, 0.15) is 5.58 Å². The second-order valence-electron chi connectivity index (χ2n) is 6.21. The van der Waals surface area contributed by atoms with Gasteiger partial charge in [-0.05, 0) is 36.5 Å². The zero-order valence-corrected chi connectivity index (χ0v) is 18.2. The number of fused-ring (bicyclic) bond motifs is 1. The van der Waals surface area contributed by atoms with E-state index in [0.29, 0.717) is 0 Å². The summed E-state index contributed by atoms with van der Waals surface area (Å²) in [4.78, 5) is 8.77. The molecule has 29 heavy (non-hydrogen) atoms. The molecule has 3 heterocycles. The fourth-order valence-electron chi connectivity index (χ4n) is 2.90.